The second-order valence-electron chi connectivity index (χ2n) is 11.0. The Morgan fingerprint density at radius 2 is 1.15 bits per heavy atom. The first-order chi connectivity index (χ1) is 19.0. The van der Waals surface area contributed by atoms with E-state index >= 15 is 0 Å². The van der Waals surface area contributed by atoms with E-state index in [9.17, 15) is 5.11 Å². The Hall–Kier alpha value is -2.08. The zero-order chi connectivity index (χ0) is 28.2. The van der Waals surface area contributed by atoms with Gasteiger partial charge in [0, 0.05) is 12.1 Å². The maximum atomic E-state index is 10.7. The minimum atomic E-state index is -0.386. The maximum absolute atomic E-state index is 10.7. The van der Waals surface area contributed by atoms with E-state index < -0.39 is 0 Å². The predicted octanol–water partition coefficient (Wildman–Crippen LogP) is 6.84. The molecule has 5 heteroatoms. The average Bonchev–Trinajstić information content (AvgIpc) is 3.50. The van der Waals surface area contributed by atoms with Crippen molar-refractivity contribution in [2.24, 2.45) is 0 Å². The van der Waals surface area contributed by atoms with E-state index in [4.69, 9.17) is 9.47 Å². The van der Waals surface area contributed by atoms with Gasteiger partial charge in [-0.2, -0.15) is 0 Å². The first-order valence-corrected chi connectivity index (χ1v) is 15.7. The molecule has 0 saturated heterocycles. The van der Waals surface area contributed by atoms with Crippen molar-refractivity contribution in [2.45, 2.75) is 105 Å². The molecule has 39 heavy (non-hydrogen) atoms. The lowest BCUT2D eigenvalue weighted by Gasteiger charge is -2.30. The lowest BCUT2D eigenvalue weighted by Crippen LogP contribution is -2.39. The molecule has 2 aromatic carbocycles. The first kappa shape index (κ1) is 31.4. The summed E-state index contributed by atoms with van der Waals surface area (Å²) in [6.07, 6.45) is 7.71. The van der Waals surface area contributed by atoms with Crippen LogP contribution in [0.1, 0.15) is 95.6 Å². The van der Waals surface area contributed by atoms with Gasteiger partial charge in [0.15, 0.2) is 0 Å². The molecule has 0 fully saturated rings. The number of fused-ring (bicyclic) bond motifs is 2. The van der Waals surface area contributed by atoms with Crippen LogP contribution in [-0.2, 0) is 19.3 Å². The Morgan fingerprint density at radius 1 is 0.641 bits per heavy atom. The number of aliphatic hydroxyl groups excluding tert-OH is 1. The smallest absolute Gasteiger partial charge is 0.119 e. The Morgan fingerprint density at radius 3 is 1.72 bits per heavy atom. The summed E-state index contributed by atoms with van der Waals surface area (Å²) in [7, 11) is 0. The molecule has 218 valence electrons. The van der Waals surface area contributed by atoms with Crippen molar-refractivity contribution < 1.29 is 14.6 Å². The quantitative estimate of drug-likeness (QED) is 0.285. The highest BCUT2D eigenvalue weighted by atomic mass is 16.5. The van der Waals surface area contributed by atoms with Gasteiger partial charge in [-0.05, 0) is 131 Å². The summed E-state index contributed by atoms with van der Waals surface area (Å²) < 4.78 is 11.2. The van der Waals surface area contributed by atoms with Crippen LogP contribution in [0.5, 0.6) is 11.5 Å². The maximum Gasteiger partial charge on any atom is 0.119 e. The molecule has 0 saturated carbocycles. The van der Waals surface area contributed by atoms with E-state index in [0.717, 1.165) is 56.0 Å². The normalized spacial score (nSPS) is 19.6. The van der Waals surface area contributed by atoms with Gasteiger partial charge in [0.1, 0.15) is 11.5 Å². The fourth-order valence-corrected chi connectivity index (χ4v) is 6.32. The molecule has 0 bridgehead atoms. The standard InChI is InChI=1S/C17H27NO2.C17H27NO/c1-4-9-18(10-5-2)16-11-13-7-8-14(20-6-3)12-15(13)17(16)19;1-4-9-18(10-5-2)16-11-14-7-8-17(19-6-3)13-15(14)12-16/h7-8,12,16-17,19H,4-6,9-11H2,1-3H3;7-8,13,16H,4-6,9-12H2,1-3H3/t16-,17-;16-/m00/s1. The number of aliphatic hydroxyl groups is 1. The molecule has 2 aliphatic rings. The van der Waals surface area contributed by atoms with Crippen molar-refractivity contribution in [2.75, 3.05) is 39.4 Å². The molecule has 0 heterocycles. The molecule has 2 aliphatic carbocycles. The fourth-order valence-electron chi connectivity index (χ4n) is 6.32. The van der Waals surface area contributed by atoms with Crippen LogP contribution in [0.4, 0.5) is 0 Å². The number of rotatable bonds is 14. The summed E-state index contributed by atoms with van der Waals surface area (Å²) in [5, 5.41) is 10.7. The minimum Gasteiger partial charge on any atom is -0.494 e. The molecule has 0 aromatic heterocycles. The van der Waals surface area contributed by atoms with Crippen LogP contribution in [0.15, 0.2) is 36.4 Å². The summed E-state index contributed by atoms with van der Waals surface area (Å²) in [4.78, 5) is 5.10. The fraction of sp³-hybridized carbons (Fsp3) is 0.647. The van der Waals surface area contributed by atoms with Crippen molar-refractivity contribution in [3.05, 3.63) is 58.7 Å². The average molecular weight is 539 g/mol. The Bertz CT molecular complexity index is 982. The second-order valence-corrected chi connectivity index (χ2v) is 11.0. The molecule has 0 unspecified atom stereocenters. The van der Waals surface area contributed by atoms with Crippen LogP contribution in [0.2, 0.25) is 0 Å². The van der Waals surface area contributed by atoms with Gasteiger partial charge in [-0.1, -0.05) is 39.8 Å². The minimum absolute atomic E-state index is 0.224. The van der Waals surface area contributed by atoms with Gasteiger partial charge in [-0.3, -0.25) is 9.80 Å². The van der Waals surface area contributed by atoms with Crippen LogP contribution in [0.25, 0.3) is 0 Å². The third kappa shape index (κ3) is 8.45. The van der Waals surface area contributed by atoms with E-state index in [1.54, 1.807) is 0 Å². The van der Waals surface area contributed by atoms with Crippen LogP contribution < -0.4 is 9.47 Å². The summed E-state index contributed by atoms with van der Waals surface area (Å²) >= 11 is 0. The third-order valence-electron chi connectivity index (χ3n) is 7.97. The van der Waals surface area contributed by atoms with Gasteiger partial charge < -0.3 is 14.6 Å². The Labute approximate surface area is 238 Å². The SMILES string of the molecule is CCCN(CCC)[C@H]1Cc2ccc(OCC)cc2C1.CCCN(CCC)[C@H]1Cc2ccc(OCC)cc2[C@@H]1O. The van der Waals surface area contributed by atoms with Crippen molar-refractivity contribution in [1.29, 1.82) is 0 Å². The molecule has 0 aliphatic heterocycles. The van der Waals surface area contributed by atoms with Crippen molar-refractivity contribution in [1.82, 2.24) is 9.80 Å². The van der Waals surface area contributed by atoms with Crippen molar-refractivity contribution >= 4 is 0 Å². The molecule has 0 amide bonds. The van der Waals surface area contributed by atoms with Crippen LogP contribution in [-0.4, -0.2) is 66.4 Å². The predicted molar refractivity (Wildman–Crippen MR) is 163 cm³/mol. The largest absolute Gasteiger partial charge is 0.494 e. The summed E-state index contributed by atoms with van der Waals surface area (Å²) in [5.74, 6) is 1.89. The van der Waals surface area contributed by atoms with E-state index in [1.165, 1.54) is 55.5 Å². The number of nitrogens with zero attached hydrogens (tertiary/aromatic N) is 2. The molecule has 1 N–H and O–H groups in total. The Kier molecular flexibility index (Phi) is 13.1. The number of benzene rings is 2. The summed E-state index contributed by atoms with van der Waals surface area (Å²) in [6.45, 7) is 19.0. The zero-order valence-corrected chi connectivity index (χ0v) is 25.5. The van der Waals surface area contributed by atoms with Gasteiger partial charge in [-0.15, -0.1) is 0 Å². The lowest BCUT2D eigenvalue weighted by atomic mass is 10.1. The zero-order valence-electron chi connectivity index (χ0n) is 25.5. The highest BCUT2D eigenvalue weighted by molar-refractivity contribution is 5.42. The van der Waals surface area contributed by atoms with Gasteiger partial charge in [0.05, 0.1) is 19.3 Å². The van der Waals surface area contributed by atoms with Gasteiger partial charge in [0.2, 0.25) is 0 Å². The van der Waals surface area contributed by atoms with E-state index in [0.29, 0.717) is 12.6 Å². The molecular weight excluding hydrogens is 484 g/mol. The van der Waals surface area contributed by atoms with Gasteiger partial charge in [-0.25, -0.2) is 0 Å². The van der Waals surface area contributed by atoms with E-state index in [-0.39, 0.29) is 12.1 Å². The molecule has 2 aromatic rings. The van der Waals surface area contributed by atoms with Gasteiger partial charge in [0.25, 0.3) is 0 Å². The highest BCUT2D eigenvalue weighted by Gasteiger charge is 2.34. The summed E-state index contributed by atoms with van der Waals surface area (Å²) in [5.41, 5.74) is 5.33. The Balaban J connectivity index is 0.000000216. The third-order valence-corrected chi connectivity index (χ3v) is 7.97. The lowest BCUT2D eigenvalue weighted by molar-refractivity contribution is 0.0603. The molecule has 0 radical (unpaired) electrons. The number of hydrogen-bond donors (Lipinski definition) is 1. The molecule has 4 rings (SSSR count). The van der Waals surface area contributed by atoms with Gasteiger partial charge >= 0.3 is 0 Å². The van der Waals surface area contributed by atoms with E-state index in [2.05, 4.69) is 61.8 Å². The molecule has 3 atom stereocenters. The monoisotopic (exact) mass is 538 g/mol. The number of ether oxygens (including phenoxy) is 2. The molecule has 5 nitrogen and oxygen atoms in total. The topological polar surface area (TPSA) is 45.2 Å². The van der Waals surface area contributed by atoms with Crippen molar-refractivity contribution in [3.8, 4) is 11.5 Å². The van der Waals surface area contributed by atoms with E-state index in [1.807, 2.05) is 26.0 Å². The highest BCUT2D eigenvalue weighted by Crippen LogP contribution is 2.37. The molecular formula is C34H54N2O3. The summed E-state index contributed by atoms with van der Waals surface area (Å²) in [6, 6.07) is 13.7. The van der Waals surface area contributed by atoms with Crippen LogP contribution >= 0.6 is 0 Å². The van der Waals surface area contributed by atoms with Crippen LogP contribution in [0, 0.1) is 0 Å². The number of hydrogen-bond acceptors (Lipinski definition) is 5. The second kappa shape index (κ2) is 16.2. The first-order valence-electron chi connectivity index (χ1n) is 15.7. The van der Waals surface area contributed by atoms with Crippen LogP contribution in [0.3, 0.4) is 0 Å². The molecule has 0 spiro atoms. The van der Waals surface area contributed by atoms with Crippen molar-refractivity contribution in [3.63, 3.8) is 0 Å².